The van der Waals surface area contributed by atoms with E-state index in [1.165, 1.54) is 0 Å². The minimum atomic E-state index is -0.412. The Morgan fingerprint density at radius 2 is 1.58 bits per heavy atom. The summed E-state index contributed by atoms with van der Waals surface area (Å²) in [4.78, 5) is 12.4. The Morgan fingerprint density at radius 1 is 0.833 bits per heavy atom. The van der Waals surface area contributed by atoms with Gasteiger partial charge in [-0.05, 0) is 97.1 Å². The Labute approximate surface area is 218 Å². The Morgan fingerprint density at radius 3 is 2.31 bits per heavy atom. The molecule has 0 aliphatic carbocycles. The fourth-order valence-electron chi connectivity index (χ4n) is 4.43. The van der Waals surface area contributed by atoms with Crippen LogP contribution in [0.1, 0.15) is 61.3 Å². The molecule has 0 radical (unpaired) electrons. The lowest BCUT2D eigenvalue weighted by atomic mass is 9.92. The first-order valence-electron chi connectivity index (χ1n) is 12.2. The van der Waals surface area contributed by atoms with E-state index in [-0.39, 0.29) is 18.2 Å². The second kappa shape index (κ2) is 11.2. The molecule has 0 fully saturated rings. The zero-order chi connectivity index (χ0) is 25.8. The molecule has 0 bridgehead atoms. The number of halogens is 1. The number of nitrogens with one attached hydrogen (secondary N) is 1. The largest absolute Gasteiger partial charge is 0.497 e. The van der Waals surface area contributed by atoms with Crippen LogP contribution in [0.4, 0.5) is 0 Å². The predicted molar refractivity (Wildman–Crippen MR) is 148 cm³/mol. The van der Waals surface area contributed by atoms with Crippen molar-refractivity contribution in [2.75, 3.05) is 7.11 Å². The van der Waals surface area contributed by atoms with Gasteiger partial charge in [-0.2, -0.15) is 0 Å². The molecule has 186 valence electrons. The minimum Gasteiger partial charge on any atom is -0.497 e. The fourth-order valence-corrected chi connectivity index (χ4v) is 4.68. The average Bonchev–Trinajstić information content (AvgIpc) is 2.87. The van der Waals surface area contributed by atoms with Gasteiger partial charge >= 0.3 is 5.97 Å². The number of esters is 1. The summed E-state index contributed by atoms with van der Waals surface area (Å²) >= 11 is 6.55. The van der Waals surface area contributed by atoms with E-state index in [1.54, 1.807) is 13.2 Å². The molecular formula is C31H32ClNO3. The lowest BCUT2D eigenvalue weighted by Gasteiger charge is -2.22. The third kappa shape index (κ3) is 5.72. The Bertz CT molecular complexity index is 1380. The van der Waals surface area contributed by atoms with Crippen molar-refractivity contribution in [1.29, 1.82) is 0 Å². The van der Waals surface area contributed by atoms with Gasteiger partial charge in [0.2, 0.25) is 0 Å². The van der Waals surface area contributed by atoms with E-state index < -0.39 is 5.97 Å². The van der Waals surface area contributed by atoms with Gasteiger partial charge in [0.25, 0.3) is 0 Å². The van der Waals surface area contributed by atoms with Crippen LogP contribution in [0.5, 0.6) is 5.75 Å². The second-order valence-electron chi connectivity index (χ2n) is 9.32. The van der Waals surface area contributed by atoms with Gasteiger partial charge in [-0.3, -0.25) is 0 Å². The standard InChI is InChI=1S/C31H32ClNO3/c1-19(2)36-31(34)28-14-13-24(18-30(28)32)29-17-25(15-23-9-6-7-12-27(23)29)21(4)33-20(3)22-10-8-11-26(16-22)35-5/h6-21,33H,1-5H3/t20-,21?/m1/s1. The van der Waals surface area contributed by atoms with Crippen LogP contribution in [0.2, 0.25) is 5.02 Å². The molecule has 0 amide bonds. The van der Waals surface area contributed by atoms with Gasteiger partial charge in [-0.25, -0.2) is 4.79 Å². The smallest absolute Gasteiger partial charge is 0.339 e. The Balaban J connectivity index is 1.68. The molecular weight excluding hydrogens is 470 g/mol. The van der Waals surface area contributed by atoms with Gasteiger partial charge in [0, 0.05) is 12.1 Å². The summed E-state index contributed by atoms with van der Waals surface area (Å²) in [5.41, 5.74) is 4.72. The summed E-state index contributed by atoms with van der Waals surface area (Å²) < 4.78 is 10.7. The molecule has 0 aliphatic heterocycles. The molecule has 2 atom stereocenters. The van der Waals surface area contributed by atoms with Crippen LogP contribution in [0.3, 0.4) is 0 Å². The van der Waals surface area contributed by atoms with Crippen molar-refractivity contribution in [2.45, 2.75) is 45.9 Å². The maximum absolute atomic E-state index is 12.4. The van der Waals surface area contributed by atoms with Crippen LogP contribution in [0.25, 0.3) is 21.9 Å². The van der Waals surface area contributed by atoms with E-state index in [9.17, 15) is 4.79 Å². The summed E-state index contributed by atoms with van der Waals surface area (Å²) in [7, 11) is 1.68. The van der Waals surface area contributed by atoms with Crippen LogP contribution in [-0.4, -0.2) is 19.2 Å². The third-order valence-electron chi connectivity index (χ3n) is 6.32. The van der Waals surface area contributed by atoms with E-state index in [2.05, 4.69) is 55.6 Å². The normalized spacial score (nSPS) is 13.0. The van der Waals surface area contributed by atoms with Crippen molar-refractivity contribution in [3.8, 4) is 16.9 Å². The number of rotatable bonds is 8. The van der Waals surface area contributed by atoms with E-state index in [0.717, 1.165) is 38.8 Å². The number of hydrogen-bond acceptors (Lipinski definition) is 4. The zero-order valence-corrected chi connectivity index (χ0v) is 22.1. The highest BCUT2D eigenvalue weighted by Crippen LogP contribution is 2.35. The van der Waals surface area contributed by atoms with Crippen LogP contribution < -0.4 is 10.1 Å². The first-order chi connectivity index (χ1) is 17.3. The molecule has 1 unspecified atom stereocenters. The van der Waals surface area contributed by atoms with Crippen molar-refractivity contribution < 1.29 is 14.3 Å². The number of ether oxygens (including phenoxy) is 2. The van der Waals surface area contributed by atoms with Crippen LogP contribution in [0, 0.1) is 0 Å². The highest BCUT2D eigenvalue weighted by atomic mass is 35.5. The van der Waals surface area contributed by atoms with E-state index in [0.29, 0.717) is 10.6 Å². The van der Waals surface area contributed by atoms with E-state index in [1.807, 2.05) is 50.2 Å². The molecule has 0 saturated heterocycles. The molecule has 0 spiro atoms. The van der Waals surface area contributed by atoms with Crippen molar-refractivity contribution in [3.05, 3.63) is 101 Å². The summed E-state index contributed by atoms with van der Waals surface area (Å²) in [6, 6.07) is 26.6. The van der Waals surface area contributed by atoms with Gasteiger partial charge in [-0.15, -0.1) is 0 Å². The first kappa shape index (κ1) is 25.7. The Hall–Kier alpha value is -3.34. The van der Waals surface area contributed by atoms with Crippen LogP contribution in [-0.2, 0) is 4.74 Å². The number of carbonyl (C=O) groups excluding carboxylic acids is 1. The second-order valence-corrected chi connectivity index (χ2v) is 9.73. The summed E-state index contributed by atoms with van der Waals surface area (Å²) in [5.74, 6) is 0.434. The maximum Gasteiger partial charge on any atom is 0.339 e. The molecule has 0 aliphatic rings. The van der Waals surface area contributed by atoms with Gasteiger partial charge in [0.15, 0.2) is 0 Å². The third-order valence-corrected chi connectivity index (χ3v) is 6.63. The van der Waals surface area contributed by atoms with Crippen molar-refractivity contribution in [3.63, 3.8) is 0 Å². The molecule has 4 nitrogen and oxygen atoms in total. The lowest BCUT2D eigenvalue weighted by Crippen LogP contribution is -2.22. The van der Waals surface area contributed by atoms with E-state index >= 15 is 0 Å². The predicted octanol–water partition coefficient (Wildman–Crippen LogP) is 8.15. The summed E-state index contributed by atoms with van der Waals surface area (Å²) in [5, 5.41) is 6.37. The monoisotopic (exact) mass is 501 g/mol. The molecule has 4 aromatic carbocycles. The van der Waals surface area contributed by atoms with Crippen LogP contribution in [0.15, 0.2) is 78.9 Å². The highest BCUT2D eigenvalue weighted by molar-refractivity contribution is 6.34. The van der Waals surface area contributed by atoms with Gasteiger partial charge in [-0.1, -0.05) is 54.1 Å². The topological polar surface area (TPSA) is 47.6 Å². The quantitative estimate of drug-likeness (QED) is 0.247. The molecule has 5 heteroatoms. The molecule has 0 aromatic heterocycles. The molecule has 0 heterocycles. The van der Waals surface area contributed by atoms with E-state index in [4.69, 9.17) is 21.1 Å². The number of hydrogen-bond donors (Lipinski definition) is 1. The molecule has 0 saturated carbocycles. The minimum absolute atomic E-state index is 0.0883. The maximum atomic E-state index is 12.4. The number of carbonyl (C=O) groups is 1. The molecule has 4 rings (SSSR count). The molecule has 4 aromatic rings. The van der Waals surface area contributed by atoms with Crippen molar-refractivity contribution in [2.24, 2.45) is 0 Å². The average molecular weight is 502 g/mol. The Kier molecular flexibility index (Phi) is 7.97. The summed E-state index contributed by atoms with van der Waals surface area (Å²) in [6.45, 7) is 7.97. The zero-order valence-electron chi connectivity index (χ0n) is 21.3. The van der Waals surface area contributed by atoms with Crippen molar-refractivity contribution >= 4 is 28.3 Å². The first-order valence-corrected chi connectivity index (χ1v) is 12.6. The van der Waals surface area contributed by atoms with Gasteiger partial charge in [0.1, 0.15) is 5.75 Å². The SMILES string of the molecule is COc1cccc([C@@H](C)NC(C)c2cc(-c3ccc(C(=O)OC(C)C)c(Cl)c3)c3ccccc3c2)c1. The summed E-state index contributed by atoms with van der Waals surface area (Å²) in [6.07, 6.45) is -0.206. The van der Waals surface area contributed by atoms with Gasteiger partial charge in [0.05, 0.1) is 23.8 Å². The number of methoxy groups -OCH3 is 1. The fraction of sp³-hybridized carbons (Fsp3) is 0.258. The number of fused-ring (bicyclic) bond motifs is 1. The van der Waals surface area contributed by atoms with Crippen LogP contribution >= 0.6 is 11.6 Å². The molecule has 36 heavy (non-hydrogen) atoms. The molecule has 1 N–H and O–H groups in total. The van der Waals surface area contributed by atoms with Gasteiger partial charge < -0.3 is 14.8 Å². The number of benzene rings is 4. The lowest BCUT2D eigenvalue weighted by molar-refractivity contribution is 0.0378. The van der Waals surface area contributed by atoms with Crippen molar-refractivity contribution in [1.82, 2.24) is 5.32 Å². The highest BCUT2D eigenvalue weighted by Gasteiger charge is 2.17.